The van der Waals surface area contributed by atoms with Crippen molar-refractivity contribution < 1.29 is 42.3 Å². The lowest BCUT2D eigenvalue weighted by molar-refractivity contribution is -0.138. The Kier molecular flexibility index (Phi) is 25.1. The van der Waals surface area contributed by atoms with Crippen molar-refractivity contribution in [1.82, 2.24) is 40.4 Å². The summed E-state index contributed by atoms with van der Waals surface area (Å²) in [5.41, 5.74) is 16.6. The molecule has 7 atom stereocenters. The number of amides is 7. The molecule has 7 amide bonds. The standard InChI is InChI=1S/C45H51ClFN7O4.C29H35FN6O3.C13H16ClN3/c1-28-25-53(29(2)20-36(28)32-5-8-39(48-3)37(46)24-32)43(56)22-31-4-9-40(38(47)21-31)52-14-12-30(13-15-52)26-50-16-18-51(19-17-50)34-6-7-35-33(23-34)27-54(45(35)58)41-10-11-42(55)49-44(41)57;30-24-16-21(31)1-4-25(24)35-9-7-19(8-10-35)17-33-11-13-34(14-12-33)22-2-3-23-20(15-22)18-36(29(23)39)26-5-6-27(37)32-28(26)38;1-9-8-17(10(2)7-16-9)11-4-5-13(15-3)12(14)6-11/h4-9,21,23-24,28-30,36,41H,10-20,22,25-27H2,1-2H3,(H,49,55,57);1-4,15-16,19,26H,5-14,17-18,31H2,(H,32,37,38);4-6,9-10,16H,7-8H2,1-2H3/t28-,29+,36?,41-;26-;9-,10+/m001/s1. The number of carbonyl (C=O) groups excluding carboxylic acids is 7. The number of likely N-dealkylation sites (tertiary alicyclic amines) is 1. The van der Waals surface area contributed by atoms with Gasteiger partial charge in [-0.25, -0.2) is 18.5 Å². The predicted molar refractivity (Wildman–Crippen MR) is 440 cm³/mol. The summed E-state index contributed by atoms with van der Waals surface area (Å²) < 4.78 is 29.9. The molecule has 10 aliphatic heterocycles. The Balaban J connectivity index is 0.000000164. The van der Waals surface area contributed by atoms with E-state index in [1.807, 2.05) is 65.6 Å². The Labute approximate surface area is 676 Å². The fraction of sp³-hybridized carbons (Fsp3) is 0.483. The van der Waals surface area contributed by atoms with Gasteiger partial charge in [0.05, 0.1) is 30.9 Å². The Morgan fingerprint density at radius 3 is 1.50 bits per heavy atom. The van der Waals surface area contributed by atoms with Gasteiger partial charge in [-0.05, 0) is 191 Å². The van der Waals surface area contributed by atoms with Gasteiger partial charge >= 0.3 is 0 Å². The number of nitrogen functional groups attached to an aromatic ring is 1. The van der Waals surface area contributed by atoms with Gasteiger partial charge in [-0.2, -0.15) is 0 Å². The third-order valence-electron chi connectivity index (χ3n) is 25.1. The average Bonchev–Trinajstić information content (AvgIpc) is 1.63. The second-order valence-corrected chi connectivity index (χ2v) is 33.5. The van der Waals surface area contributed by atoms with Crippen molar-refractivity contribution in [2.75, 3.05) is 141 Å². The van der Waals surface area contributed by atoms with E-state index < -0.39 is 18.0 Å². The molecule has 6 aromatic carbocycles. The zero-order valence-electron chi connectivity index (χ0n) is 65.4. The van der Waals surface area contributed by atoms with Crippen molar-refractivity contribution in [3.05, 3.63) is 187 Å². The van der Waals surface area contributed by atoms with E-state index in [0.717, 1.165) is 171 Å². The maximum absolute atomic E-state index is 15.6. The number of fused-ring (bicyclic) bond motifs is 2. The smallest absolute Gasteiger partial charge is 0.255 e. The number of imide groups is 2. The molecule has 6 aromatic rings. The van der Waals surface area contributed by atoms with Gasteiger partial charge < -0.3 is 50.2 Å². The van der Waals surface area contributed by atoms with E-state index in [0.29, 0.717) is 112 Å². The van der Waals surface area contributed by atoms with Gasteiger partial charge in [0.1, 0.15) is 23.7 Å². The maximum atomic E-state index is 15.6. The first kappa shape index (κ1) is 80.7. The summed E-state index contributed by atoms with van der Waals surface area (Å²) in [7, 11) is 0. The number of carbonyl (C=O) groups is 7. The average molecular weight is 1590 g/mol. The fourth-order valence-electron chi connectivity index (χ4n) is 18.5. The van der Waals surface area contributed by atoms with E-state index in [4.69, 9.17) is 42.1 Å². The van der Waals surface area contributed by atoms with Crippen molar-refractivity contribution in [3.63, 3.8) is 0 Å². The number of rotatable bonds is 14. The van der Waals surface area contributed by atoms with E-state index in [1.165, 1.54) is 12.1 Å². The number of piperidine rings is 5. The van der Waals surface area contributed by atoms with Crippen LogP contribution in [0.5, 0.6) is 0 Å². The minimum Gasteiger partial charge on any atom is -0.399 e. The summed E-state index contributed by atoms with van der Waals surface area (Å²) >= 11 is 12.4. The van der Waals surface area contributed by atoms with Gasteiger partial charge in [-0.3, -0.25) is 54.0 Å². The second-order valence-electron chi connectivity index (χ2n) is 32.7. The Bertz CT molecular complexity index is 4720. The zero-order valence-corrected chi connectivity index (χ0v) is 66.9. The van der Waals surface area contributed by atoms with Crippen LogP contribution in [0.3, 0.4) is 0 Å². The Morgan fingerprint density at radius 1 is 0.526 bits per heavy atom. The maximum Gasteiger partial charge on any atom is 0.255 e. The number of nitrogens with two attached hydrogens (primary N) is 1. The van der Waals surface area contributed by atoms with Crippen LogP contribution in [-0.4, -0.2) is 207 Å². The first-order chi connectivity index (χ1) is 54.9. The van der Waals surface area contributed by atoms with Crippen LogP contribution < -0.4 is 46.2 Å². The molecule has 16 rings (SSSR count). The van der Waals surface area contributed by atoms with Gasteiger partial charge in [-0.1, -0.05) is 60.5 Å². The van der Waals surface area contributed by atoms with Crippen molar-refractivity contribution >= 4 is 110 Å². The fourth-order valence-corrected chi connectivity index (χ4v) is 18.9. The molecule has 5 N–H and O–H groups in total. The molecule has 10 heterocycles. The highest BCUT2D eigenvalue weighted by atomic mass is 35.5. The molecule has 600 valence electrons. The third-order valence-corrected chi connectivity index (χ3v) is 25.7. The topological polar surface area (TPSA) is 223 Å². The van der Waals surface area contributed by atoms with E-state index >= 15 is 4.39 Å². The molecule has 0 saturated carbocycles. The predicted octanol–water partition coefficient (Wildman–Crippen LogP) is 11.7. The van der Waals surface area contributed by atoms with E-state index in [2.05, 4.69) is 99.8 Å². The van der Waals surface area contributed by atoms with E-state index in [9.17, 15) is 38.0 Å². The number of piperazine rings is 3. The van der Waals surface area contributed by atoms with Crippen LogP contribution in [0.1, 0.15) is 134 Å². The van der Waals surface area contributed by atoms with Crippen LogP contribution >= 0.6 is 23.2 Å². The lowest BCUT2D eigenvalue weighted by Gasteiger charge is -2.42. The molecule has 0 bridgehead atoms. The van der Waals surface area contributed by atoms with Crippen molar-refractivity contribution in [2.24, 2.45) is 17.8 Å². The quantitative estimate of drug-likeness (QED) is 0.0452. The highest BCUT2D eigenvalue weighted by Gasteiger charge is 2.42. The minimum atomic E-state index is -0.614. The highest BCUT2D eigenvalue weighted by molar-refractivity contribution is 6.34. The summed E-state index contributed by atoms with van der Waals surface area (Å²) in [6, 6.07) is 33.2. The molecule has 114 heavy (non-hydrogen) atoms. The molecule has 8 fully saturated rings. The molecule has 23 nitrogen and oxygen atoms in total. The molecular weight excluding hydrogens is 1490 g/mol. The number of nitrogens with one attached hydrogen (secondary N) is 3. The van der Waals surface area contributed by atoms with Gasteiger partial charge in [0.25, 0.3) is 11.8 Å². The number of hydrogen-bond acceptors (Lipinski definition) is 16. The minimum absolute atomic E-state index is 0.00937. The van der Waals surface area contributed by atoms with E-state index in [1.54, 1.807) is 34.1 Å². The Morgan fingerprint density at radius 2 is 1.02 bits per heavy atom. The molecular formula is C87H102Cl2F2N16O7. The van der Waals surface area contributed by atoms with Gasteiger partial charge in [0.2, 0.25) is 40.9 Å². The summed E-state index contributed by atoms with van der Waals surface area (Å²) in [6.07, 6.45) is 6.26. The van der Waals surface area contributed by atoms with Crippen LogP contribution in [0.25, 0.3) is 9.69 Å². The number of benzene rings is 6. The van der Waals surface area contributed by atoms with Gasteiger partial charge in [0.15, 0.2) is 0 Å². The molecule has 0 aliphatic carbocycles. The van der Waals surface area contributed by atoms with Crippen LogP contribution in [0.4, 0.5) is 54.3 Å². The summed E-state index contributed by atoms with van der Waals surface area (Å²) in [5, 5.41) is 9.17. The van der Waals surface area contributed by atoms with Gasteiger partial charge in [-0.15, -0.1) is 0 Å². The number of hydrogen-bond donors (Lipinski definition) is 4. The molecule has 0 radical (unpaired) electrons. The monoisotopic (exact) mass is 1590 g/mol. The number of anilines is 6. The van der Waals surface area contributed by atoms with Gasteiger partial charge in [0, 0.05) is 199 Å². The lowest BCUT2D eigenvalue weighted by atomic mass is 9.78. The normalized spacial score (nSPS) is 23.9. The van der Waals surface area contributed by atoms with Crippen LogP contribution in [0, 0.1) is 42.5 Å². The first-order valence-electron chi connectivity index (χ1n) is 40.4. The first-order valence-corrected chi connectivity index (χ1v) is 41.1. The summed E-state index contributed by atoms with van der Waals surface area (Å²) in [5.74, 6) is -0.550. The SMILES string of the molecule is Nc1ccc(N2CCC(CN3CCN(c4ccc5c(c4)CN([C@H]4CCC(=O)NC4=O)C5=O)CC3)CC2)c(F)c1.[C-]#[N+]c1ccc(C2C[C@@H](C)N(C(=O)Cc3ccc(N4CCC(CN5CCN(c6ccc7c(c6)CN([C@H]6CCC(=O)NC6=O)C7=O)CC5)CC4)c(F)c3)C[C@@H]2C)cc1Cl.[C-]#[N+]c1ccc(N2C[C@@H](C)NC[C@@H]2C)cc1Cl. The molecule has 0 spiro atoms. The zero-order chi connectivity index (χ0) is 80.2. The molecule has 8 saturated heterocycles. The van der Waals surface area contributed by atoms with Crippen LogP contribution in [-0.2, 0) is 43.5 Å². The number of halogens is 4. The van der Waals surface area contributed by atoms with Crippen molar-refractivity contribution in [2.45, 2.75) is 141 Å². The molecule has 10 aliphatic rings. The highest BCUT2D eigenvalue weighted by Crippen LogP contribution is 2.41. The molecule has 0 aromatic heterocycles. The van der Waals surface area contributed by atoms with Crippen molar-refractivity contribution in [1.29, 1.82) is 0 Å². The van der Waals surface area contributed by atoms with Crippen LogP contribution in [0.15, 0.2) is 109 Å². The Hall–Kier alpha value is -9.89. The molecule has 1 unspecified atom stereocenters. The number of nitrogens with zero attached hydrogens (tertiary/aromatic N) is 12. The summed E-state index contributed by atoms with van der Waals surface area (Å²) in [4.78, 5) is 116. The summed E-state index contributed by atoms with van der Waals surface area (Å²) in [6.45, 7) is 39.0. The third kappa shape index (κ3) is 18.3. The van der Waals surface area contributed by atoms with Crippen molar-refractivity contribution in [3.8, 4) is 0 Å². The largest absolute Gasteiger partial charge is 0.399 e. The lowest BCUT2D eigenvalue weighted by Crippen LogP contribution is -2.54. The van der Waals surface area contributed by atoms with Crippen LogP contribution in [0.2, 0.25) is 10.0 Å². The second kappa shape index (κ2) is 35.5. The molecule has 27 heteroatoms. The van der Waals surface area contributed by atoms with E-state index in [-0.39, 0.29) is 84.2 Å².